The van der Waals surface area contributed by atoms with Gasteiger partial charge in [0.2, 0.25) is 10.0 Å². The third-order valence-corrected chi connectivity index (χ3v) is 4.90. The third-order valence-electron chi connectivity index (χ3n) is 3.41. The molecule has 0 aliphatic carbocycles. The lowest BCUT2D eigenvalue weighted by Crippen LogP contribution is -2.29. The Morgan fingerprint density at radius 3 is 2.67 bits per heavy atom. The van der Waals surface area contributed by atoms with Crippen LogP contribution in [0.3, 0.4) is 0 Å². The Balaban J connectivity index is 2.47. The van der Waals surface area contributed by atoms with Crippen molar-refractivity contribution in [3.8, 4) is 0 Å². The fourth-order valence-electron chi connectivity index (χ4n) is 1.82. The molecule has 0 saturated heterocycles. The van der Waals surface area contributed by atoms with Crippen molar-refractivity contribution in [1.29, 1.82) is 0 Å². The average Bonchev–Trinajstić information content (AvgIpc) is 2.46. The van der Waals surface area contributed by atoms with Crippen LogP contribution in [0.4, 0.5) is 5.82 Å². The molecule has 21 heavy (non-hydrogen) atoms. The van der Waals surface area contributed by atoms with Crippen LogP contribution in [0.2, 0.25) is 0 Å². The van der Waals surface area contributed by atoms with E-state index in [4.69, 9.17) is 0 Å². The Morgan fingerprint density at radius 2 is 2.05 bits per heavy atom. The number of nitrogens with zero attached hydrogens (tertiary/aromatic N) is 2. The van der Waals surface area contributed by atoms with E-state index in [1.807, 2.05) is 0 Å². The van der Waals surface area contributed by atoms with Gasteiger partial charge in [-0.2, -0.15) is 0 Å². The van der Waals surface area contributed by atoms with Crippen LogP contribution in [0.25, 0.3) is 0 Å². The van der Waals surface area contributed by atoms with E-state index in [-0.39, 0.29) is 4.90 Å². The molecular formula is C14H26N4O2S. The van der Waals surface area contributed by atoms with E-state index >= 15 is 0 Å². The fourth-order valence-corrected chi connectivity index (χ4v) is 3.06. The van der Waals surface area contributed by atoms with Crippen molar-refractivity contribution < 1.29 is 8.42 Å². The van der Waals surface area contributed by atoms with Crippen molar-refractivity contribution in [2.24, 2.45) is 0 Å². The van der Waals surface area contributed by atoms with Gasteiger partial charge < -0.3 is 10.2 Å². The molecule has 0 aromatic carbocycles. The topological polar surface area (TPSA) is 74.3 Å². The maximum Gasteiger partial charge on any atom is 0.244 e. The number of anilines is 1. The Hall–Kier alpha value is -1.18. The van der Waals surface area contributed by atoms with Crippen molar-refractivity contribution in [2.45, 2.75) is 37.6 Å². The van der Waals surface area contributed by atoms with E-state index in [9.17, 15) is 8.42 Å². The number of hydrogen-bond donors (Lipinski definition) is 2. The minimum Gasteiger partial charge on any atom is -0.372 e. The van der Waals surface area contributed by atoms with Crippen molar-refractivity contribution in [3.05, 3.63) is 18.3 Å². The number of sulfonamides is 1. The zero-order valence-corrected chi connectivity index (χ0v) is 14.1. The van der Waals surface area contributed by atoms with E-state index in [1.54, 1.807) is 25.4 Å². The SMILES string of the molecule is CNc1ncccc1S(=O)(=O)NCCCCN(C)C(C)C. The second-order valence-corrected chi connectivity index (χ2v) is 7.01. The predicted octanol–water partition coefficient (Wildman–Crippen LogP) is 1.52. The van der Waals surface area contributed by atoms with Crippen molar-refractivity contribution in [1.82, 2.24) is 14.6 Å². The molecule has 0 atom stereocenters. The zero-order chi connectivity index (χ0) is 15.9. The van der Waals surface area contributed by atoms with Crippen molar-refractivity contribution in [3.63, 3.8) is 0 Å². The highest BCUT2D eigenvalue weighted by Crippen LogP contribution is 2.16. The van der Waals surface area contributed by atoms with Crippen LogP contribution in [0, 0.1) is 0 Å². The molecule has 6 nitrogen and oxygen atoms in total. The van der Waals surface area contributed by atoms with Crippen LogP contribution in [0.15, 0.2) is 23.2 Å². The first-order valence-corrected chi connectivity index (χ1v) is 8.69. The molecule has 1 rings (SSSR count). The summed E-state index contributed by atoms with van der Waals surface area (Å²) in [6.07, 6.45) is 3.33. The van der Waals surface area contributed by atoms with Crippen molar-refractivity contribution in [2.75, 3.05) is 32.5 Å². The lowest BCUT2D eigenvalue weighted by molar-refractivity contribution is 0.268. The van der Waals surface area contributed by atoms with Gasteiger partial charge >= 0.3 is 0 Å². The predicted molar refractivity (Wildman–Crippen MR) is 86.0 cm³/mol. The molecule has 0 radical (unpaired) electrons. The maximum atomic E-state index is 12.2. The summed E-state index contributed by atoms with van der Waals surface area (Å²) in [6, 6.07) is 3.68. The van der Waals surface area contributed by atoms with E-state index in [0.717, 1.165) is 19.4 Å². The summed E-state index contributed by atoms with van der Waals surface area (Å²) in [5, 5.41) is 2.79. The van der Waals surface area contributed by atoms with Gasteiger partial charge in [-0.25, -0.2) is 18.1 Å². The number of aromatic nitrogens is 1. The molecule has 0 amide bonds. The van der Waals surface area contributed by atoms with E-state index in [2.05, 4.69) is 40.8 Å². The van der Waals surface area contributed by atoms with Crippen LogP contribution >= 0.6 is 0 Å². The highest BCUT2D eigenvalue weighted by molar-refractivity contribution is 7.89. The summed E-state index contributed by atoms with van der Waals surface area (Å²) in [5.41, 5.74) is 0. The summed E-state index contributed by atoms with van der Waals surface area (Å²) in [5.74, 6) is 0.365. The molecule has 0 aliphatic heterocycles. The van der Waals surface area contributed by atoms with Crippen LogP contribution in [0.5, 0.6) is 0 Å². The van der Waals surface area contributed by atoms with Gasteiger partial charge in [-0.1, -0.05) is 0 Å². The van der Waals surface area contributed by atoms with E-state index in [0.29, 0.717) is 18.4 Å². The molecule has 1 aromatic heterocycles. The monoisotopic (exact) mass is 314 g/mol. The first kappa shape index (κ1) is 17.9. The van der Waals surface area contributed by atoms with E-state index in [1.165, 1.54) is 0 Å². The number of rotatable bonds is 9. The van der Waals surface area contributed by atoms with Gasteiger partial charge in [-0.15, -0.1) is 0 Å². The molecule has 0 unspecified atom stereocenters. The van der Waals surface area contributed by atoms with Crippen LogP contribution in [-0.2, 0) is 10.0 Å². The second kappa shape index (κ2) is 8.31. The summed E-state index contributed by atoms with van der Waals surface area (Å²) < 4.78 is 27.1. The summed E-state index contributed by atoms with van der Waals surface area (Å²) in [6.45, 7) is 5.69. The summed E-state index contributed by atoms with van der Waals surface area (Å²) in [7, 11) is 0.220. The van der Waals surface area contributed by atoms with Crippen LogP contribution in [-0.4, -0.2) is 51.5 Å². The lowest BCUT2D eigenvalue weighted by Gasteiger charge is -2.20. The van der Waals surface area contributed by atoms with Gasteiger partial charge in [0.25, 0.3) is 0 Å². The molecule has 0 bridgehead atoms. The highest BCUT2D eigenvalue weighted by atomic mass is 32.2. The van der Waals surface area contributed by atoms with Gasteiger partial charge in [-0.05, 0) is 52.4 Å². The quantitative estimate of drug-likeness (QED) is 0.676. The maximum absolute atomic E-state index is 12.2. The standard InChI is InChI=1S/C14H26N4O2S/c1-12(2)18(4)11-6-5-10-17-21(19,20)13-8-7-9-16-14(13)15-3/h7-9,12,17H,5-6,10-11H2,1-4H3,(H,15,16). The van der Waals surface area contributed by atoms with Gasteiger partial charge in [-0.3, -0.25) is 0 Å². The number of unbranched alkanes of at least 4 members (excludes halogenated alkanes) is 1. The molecule has 1 heterocycles. The Bertz CT molecular complexity index is 532. The molecule has 120 valence electrons. The second-order valence-electron chi connectivity index (χ2n) is 5.28. The van der Waals surface area contributed by atoms with Gasteiger partial charge in [0.05, 0.1) is 0 Å². The number of nitrogens with one attached hydrogen (secondary N) is 2. The van der Waals surface area contributed by atoms with Gasteiger partial charge in [0, 0.05) is 25.8 Å². The fraction of sp³-hybridized carbons (Fsp3) is 0.643. The average molecular weight is 314 g/mol. The van der Waals surface area contributed by atoms with Crippen LogP contribution in [0.1, 0.15) is 26.7 Å². The van der Waals surface area contributed by atoms with E-state index < -0.39 is 10.0 Å². The Morgan fingerprint density at radius 1 is 1.33 bits per heavy atom. The molecule has 7 heteroatoms. The normalized spacial score (nSPS) is 12.1. The molecule has 2 N–H and O–H groups in total. The van der Waals surface area contributed by atoms with Gasteiger partial charge in [0.1, 0.15) is 10.7 Å². The first-order valence-electron chi connectivity index (χ1n) is 7.21. The van der Waals surface area contributed by atoms with Crippen molar-refractivity contribution >= 4 is 15.8 Å². The zero-order valence-electron chi connectivity index (χ0n) is 13.3. The molecule has 0 saturated carbocycles. The largest absolute Gasteiger partial charge is 0.372 e. The smallest absolute Gasteiger partial charge is 0.244 e. The molecule has 0 aliphatic rings. The Kier molecular flexibility index (Phi) is 7.07. The molecule has 0 spiro atoms. The van der Waals surface area contributed by atoms with Gasteiger partial charge in [0.15, 0.2) is 0 Å². The first-order chi connectivity index (χ1) is 9.88. The minimum atomic E-state index is -3.51. The summed E-state index contributed by atoms with van der Waals surface area (Å²) in [4.78, 5) is 6.45. The summed E-state index contributed by atoms with van der Waals surface area (Å²) >= 11 is 0. The molecular weight excluding hydrogens is 288 g/mol. The molecule has 0 fully saturated rings. The Labute approximate surface area is 128 Å². The molecule has 1 aromatic rings. The third kappa shape index (κ3) is 5.61. The van der Waals surface area contributed by atoms with Crippen LogP contribution < -0.4 is 10.0 Å². The number of pyridine rings is 1. The number of hydrogen-bond acceptors (Lipinski definition) is 5. The lowest BCUT2D eigenvalue weighted by atomic mass is 10.2. The highest BCUT2D eigenvalue weighted by Gasteiger charge is 2.17. The minimum absolute atomic E-state index is 0.187.